The van der Waals surface area contributed by atoms with Crippen LogP contribution in [0, 0.1) is 5.92 Å². The van der Waals surface area contributed by atoms with Crippen molar-refractivity contribution in [3.63, 3.8) is 0 Å². The van der Waals surface area contributed by atoms with Gasteiger partial charge in [0.15, 0.2) is 5.69 Å². The Balaban J connectivity index is 1.11. The summed E-state index contributed by atoms with van der Waals surface area (Å²) in [5.41, 5.74) is 2.47. The second-order valence-electron chi connectivity index (χ2n) is 8.87. The second kappa shape index (κ2) is 9.57. The highest BCUT2D eigenvalue weighted by Gasteiger charge is 2.25. The van der Waals surface area contributed by atoms with Gasteiger partial charge in [-0.3, -0.25) is 4.79 Å². The van der Waals surface area contributed by atoms with Crippen molar-refractivity contribution < 1.29 is 18.8 Å². The molecule has 1 saturated heterocycles. The van der Waals surface area contributed by atoms with Crippen LogP contribution in [-0.2, 0) is 0 Å². The molecule has 33 heavy (non-hydrogen) atoms. The number of anilines is 1. The van der Waals surface area contributed by atoms with Crippen LogP contribution >= 0.6 is 0 Å². The van der Waals surface area contributed by atoms with Crippen LogP contribution < -0.4 is 19.7 Å². The van der Waals surface area contributed by atoms with Crippen LogP contribution in [0.4, 0.5) is 5.69 Å². The van der Waals surface area contributed by atoms with E-state index < -0.39 is 0 Å². The van der Waals surface area contributed by atoms with Gasteiger partial charge in [-0.2, -0.15) is 0 Å². The van der Waals surface area contributed by atoms with E-state index in [0.717, 1.165) is 49.1 Å². The van der Waals surface area contributed by atoms with Gasteiger partial charge in [0.05, 0.1) is 19.2 Å². The summed E-state index contributed by atoms with van der Waals surface area (Å²) in [6.07, 6.45) is 5.11. The van der Waals surface area contributed by atoms with Crippen molar-refractivity contribution in [3.05, 3.63) is 72.1 Å². The van der Waals surface area contributed by atoms with E-state index in [2.05, 4.69) is 39.6 Å². The molecule has 2 heterocycles. The number of hydrogen-bond acceptors (Lipinski definition) is 6. The Morgan fingerprint density at radius 2 is 1.85 bits per heavy atom. The maximum absolute atomic E-state index is 12.1. The van der Waals surface area contributed by atoms with E-state index in [1.165, 1.54) is 24.8 Å². The number of nitrogens with one attached hydrogen (secondary N) is 1. The summed E-state index contributed by atoms with van der Waals surface area (Å²) < 4.78 is 16.8. The summed E-state index contributed by atoms with van der Waals surface area (Å²) >= 11 is 0. The molecule has 0 spiro atoms. The number of benzene rings is 2. The highest BCUT2D eigenvalue weighted by Crippen LogP contribution is 2.30. The number of aromatic nitrogens is 1. The molecule has 7 heteroatoms. The number of amides is 1. The van der Waals surface area contributed by atoms with Crippen molar-refractivity contribution in [2.75, 3.05) is 24.6 Å². The molecule has 172 valence electrons. The van der Waals surface area contributed by atoms with Crippen LogP contribution in [0.1, 0.15) is 48.3 Å². The van der Waals surface area contributed by atoms with Crippen molar-refractivity contribution >= 4 is 11.6 Å². The predicted octanol–water partition coefficient (Wildman–Crippen LogP) is 4.61. The molecule has 7 nitrogen and oxygen atoms in total. The number of ether oxygens (including phenoxy) is 2. The Labute approximate surface area is 193 Å². The molecule has 2 aliphatic rings. The zero-order valence-corrected chi connectivity index (χ0v) is 18.8. The summed E-state index contributed by atoms with van der Waals surface area (Å²) in [6, 6.07) is 17.7. The maximum atomic E-state index is 12.1. The Hall–Kier alpha value is -3.48. The number of nitrogens with zero attached hydrogens (tertiary/aromatic N) is 2. The summed E-state index contributed by atoms with van der Waals surface area (Å²) in [5.74, 6) is 2.29. The van der Waals surface area contributed by atoms with Gasteiger partial charge < -0.3 is 24.2 Å². The monoisotopic (exact) mass is 447 g/mol. The molecule has 0 radical (unpaired) electrons. The number of carbonyl (C=O) groups excluding carboxylic acids is 1. The third kappa shape index (κ3) is 5.48. The Bertz CT molecular complexity index is 1050. The molecular weight excluding hydrogens is 418 g/mol. The Morgan fingerprint density at radius 1 is 1.09 bits per heavy atom. The van der Waals surface area contributed by atoms with Gasteiger partial charge in [0, 0.05) is 24.7 Å². The smallest absolute Gasteiger partial charge is 0.273 e. The first-order valence-electron chi connectivity index (χ1n) is 11.6. The highest BCUT2D eigenvalue weighted by atomic mass is 16.5. The van der Waals surface area contributed by atoms with E-state index in [1.807, 2.05) is 31.2 Å². The molecule has 1 aliphatic heterocycles. The summed E-state index contributed by atoms with van der Waals surface area (Å²) in [5, 5.41) is 6.58. The average molecular weight is 448 g/mol. The van der Waals surface area contributed by atoms with Crippen LogP contribution in [-0.4, -0.2) is 36.9 Å². The third-order valence-electron chi connectivity index (χ3n) is 6.23. The number of rotatable bonds is 9. The largest absolute Gasteiger partial charge is 0.493 e. The fourth-order valence-corrected chi connectivity index (χ4v) is 4.02. The van der Waals surface area contributed by atoms with E-state index in [9.17, 15) is 4.79 Å². The predicted molar refractivity (Wildman–Crippen MR) is 125 cm³/mol. The van der Waals surface area contributed by atoms with Gasteiger partial charge >= 0.3 is 0 Å². The van der Waals surface area contributed by atoms with E-state index in [-0.39, 0.29) is 23.7 Å². The Kier molecular flexibility index (Phi) is 6.19. The molecule has 1 N–H and O–H groups in total. The fraction of sp³-hybridized carbons (Fsp3) is 0.385. The van der Waals surface area contributed by atoms with Crippen molar-refractivity contribution in [2.45, 2.75) is 38.3 Å². The maximum Gasteiger partial charge on any atom is 0.273 e. The van der Waals surface area contributed by atoms with Gasteiger partial charge in [0.2, 0.25) is 0 Å². The molecule has 2 fully saturated rings. The lowest BCUT2D eigenvalue weighted by Crippen LogP contribution is -2.27. The van der Waals surface area contributed by atoms with Gasteiger partial charge in [-0.15, -0.1) is 0 Å². The standard InChI is InChI=1S/C26H29N3O4/c1-18(27-26(30)25-13-15-32-28-25)20-4-8-23(9-5-20)33-24-12-14-29(16-24)21-6-10-22(11-7-21)31-17-19-2-3-19/h4-11,13,15,18-19,24H,2-3,12,14,16-17H2,1H3,(H,27,30)/t18-,24+/m0/s1. The molecular formula is C26H29N3O4. The Morgan fingerprint density at radius 3 is 2.55 bits per heavy atom. The molecule has 5 rings (SSSR count). The van der Waals surface area contributed by atoms with Crippen molar-refractivity contribution in [1.82, 2.24) is 10.5 Å². The summed E-state index contributed by atoms with van der Waals surface area (Å²) in [7, 11) is 0. The lowest BCUT2D eigenvalue weighted by molar-refractivity contribution is 0.0930. The van der Waals surface area contributed by atoms with Crippen LogP contribution in [0.5, 0.6) is 11.5 Å². The highest BCUT2D eigenvalue weighted by molar-refractivity contribution is 5.92. The topological polar surface area (TPSA) is 76.8 Å². The van der Waals surface area contributed by atoms with Gasteiger partial charge in [0.25, 0.3) is 5.91 Å². The molecule has 1 amide bonds. The van der Waals surface area contributed by atoms with Crippen LogP contribution in [0.25, 0.3) is 0 Å². The lowest BCUT2D eigenvalue weighted by Gasteiger charge is -2.20. The van der Waals surface area contributed by atoms with Crippen LogP contribution in [0.15, 0.2) is 65.4 Å². The zero-order chi connectivity index (χ0) is 22.6. The van der Waals surface area contributed by atoms with E-state index >= 15 is 0 Å². The first kappa shape index (κ1) is 21.4. The van der Waals surface area contributed by atoms with E-state index in [1.54, 1.807) is 6.07 Å². The molecule has 1 saturated carbocycles. The first-order chi connectivity index (χ1) is 16.1. The van der Waals surface area contributed by atoms with Gasteiger partial charge in [-0.25, -0.2) is 0 Å². The van der Waals surface area contributed by atoms with E-state index in [4.69, 9.17) is 14.0 Å². The summed E-state index contributed by atoms with van der Waals surface area (Å²) in [6.45, 7) is 4.60. The number of hydrogen-bond donors (Lipinski definition) is 1. The van der Waals surface area contributed by atoms with Crippen molar-refractivity contribution in [3.8, 4) is 11.5 Å². The molecule has 2 atom stereocenters. The quantitative estimate of drug-likeness (QED) is 0.516. The molecule has 0 unspecified atom stereocenters. The number of carbonyl (C=O) groups is 1. The summed E-state index contributed by atoms with van der Waals surface area (Å²) in [4.78, 5) is 14.5. The van der Waals surface area contributed by atoms with Crippen molar-refractivity contribution in [1.29, 1.82) is 0 Å². The van der Waals surface area contributed by atoms with Crippen molar-refractivity contribution in [2.24, 2.45) is 5.92 Å². The van der Waals surface area contributed by atoms with Gasteiger partial charge in [-0.05, 0) is 67.6 Å². The lowest BCUT2D eigenvalue weighted by atomic mass is 10.1. The van der Waals surface area contributed by atoms with Gasteiger partial charge in [0.1, 0.15) is 23.9 Å². The van der Waals surface area contributed by atoms with Gasteiger partial charge in [-0.1, -0.05) is 17.3 Å². The van der Waals surface area contributed by atoms with Crippen LogP contribution in [0.2, 0.25) is 0 Å². The first-order valence-corrected chi connectivity index (χ1v) is 11.6. The molecule has 1 aliphatic carbocycles. The average Bonchev–Trinajstić information content (AvgIpc) is 3.29. The molecule has 3 aromatic rings. The third-order valence-corrected chi connectivity index (χ3v) is 6.23. The minimum Gasteiger partial charge on any atom is -0.493 e. The molecule has 0 bridgehead atoms. The minimum atomic E-state index is -0.259. The normalized spacial score (nSPS) is 18.7. The van der Waals surface area contributed by atoms with Crippen LogP contribution in [0.3, 0.4) is 0 Å². The minimum absolute atomic E-state index is 0.144. The fourth-order valence-electron chi connectivity index (χ4n) is 4.02. The zero-order valence-electron chi connectivity index (χ0n) is 18.8. The SMILES string of the molecule is C[C@H](NC(=O)c1ccon1)c1ccc(O[C@@H]2CCN(c3ccc(OCC4CC4)cc3)C2)cc1. The molecule has 2 aromatic carbocycles. The molecule has 1 aromatic heterocycles. The van der Waals surface area contributed by atoms with E-state index in [0.29, 0.717) is 0 Å². The second-order valence-corrected chi connectivity index (χ2v) is 8.87.